The predicted octanol–water partition coefficient (Wildman–Crippen LogP) is 3.41. The fraction of sp³-hybridized carbons (Fsp3) is 0.368. The van der Waals surface area contributed by atoms with Crippen molar-refractivity contribution >= 4 is 11.5 Å². The minimum absolute atomic E-state index is 0.0512. The van der Waals surface area contributed by atoms with Gasteiger partial charge >= 0.3 is 6.01 Å². The molecule has 29 heavy (non-hydrogen) atoms. The molecule has 8 nitrogen and oxygen atoms in total. The molecule has 4 aromatic rings. The molecule has 1 N–H and O–H groups in total. The molecule has 1 aliphatic carbocycles. The van der Waals surface area contributed by atoms with Crippen molar-refractivity contribution in [3.63, 3.8) is 0 Å². The van der Waals surface area contributed by atoms with E-state index in [1.165, 1.54) is 10.6 Å². The molecule has 0 saturated heterocycles. The number of imidazole rings is 1. The van der Waals surface area contributed by atoms with Crippen molar-refractivity contribution in [2.75, 3.05) is 11.4 Å². The van der Waals surface area contributed by atoms with E-state index in [0.717, 1.165) is 30.7 Å². The van der Waals surface area contributed by atoms with E-state index >= 15 is 0 Å². The van der Waals surface area contributed by atoms with Gasteiger partial charge in [-0.3, -0.25) is 0 Å². The molecular formula is C19H17F2N7O. The molecule has 6 rings (SSSR count). The number of hydrogen-bond acceptors (Lipinski definition) is 6. The Bertz CT molecular complexity index is 1190. The highest BCUT2D eigenvalue weighted by Crippen LogP contribution is 2.42. The van der Waals surface area contributed by atoms with Crippen LogP contribution in [0.1, 0.15) is 59.8 Å². The number of hydrogen-bond donors (Lipinski definition) is 1. The van der Waals surface area contributed by atoms with Crippen molar-refractivity contribution in [2.45, 2.75) is 37.6 Å². The van der Waals surface area contributed by atoms with Gasteiger partial charge in [0.1, 0.15) is 6.04 Å². The molecule has 0 radical (unpaired) electrons. The minimum atomic E-state index is -2.58. The van der Waals surface area contributed by atoms with E-state index < -0.39 is 12.5 Å². The monoisotopic (exact) mass is 397 g/mol. The fourth-order valence-corrected chi connectivity index (χ4v) is 3.99. The summed E-state index contributed by atoms with van der Waals surface area (Å²) < 4.78 is 34.3. The quantitative estimate of drug-likeness (QED) is 0.568. The van der Waals surface area contributed by atoms with Crippen molar-refractivity contribution in [1.82, 2.24) is 29.8 Å². The van der Waals surface area contributed by atoms with Crippen LogP contribution >= 0.6 is 0 Å². The SMILES string of the molecule is FC(F)c1cccn2nc([C@H]3c4nc[nH]c4CCN3c3nnc(C4CC4)o3)cc12. The summed E-state index contributed by atoms with van der Waals surface area (Å²) in [6, 6.07) is 4.70. The number of aromatic nitrogens is 6. The zero-order valence-electron chi connectivity index (χ0n) is 15.3. The Morgan fingerprint density at radius 1 is 1.24 bits per heavy atom. The normalized spacial score (nSPS) is 19.3. The second-order valence-corrected chi connectivity index (χ2v) is 7.47. The third-order valence-electron chi connectivity index (χ3n) is 5.60. The number of alkyl halides is 2. The van der Waals surface area contributed by atoms with E-state index in [0.29, 0.717) is 35.6 Å². The maximum Gasteiger partial charge on any atom is 0.319 e. The number of fused-ring (bicyclic) bond motifs is 2. The highest BCUT2D eigenvalue weighted by atomic mass is 19.3. The van der Waals surface area contributed by atoms with Crippen LogP contribution in [0.2, 0.25) is 0 Å². The molecule has 0 unspecified atom stereocenters. The summed E-state index contributed by atoms with van der Waals surface area (Å²) in [7, 11) is 0. The van der Waals surface area contributed by atoms with Crippen LogP contribution in [0.4, 0.5) is 14.8 Å². The van der Waals surface area contributed by atoms with E-state index in [4.69, 9.17) is 4.42 Å². The molecule has 0 aromatic carbocycles. The molecule has 4 aromatic heterocycles. The fourth-order valence-electron chi connectivity index (χ4n) is 3.99. The lowest BCUT2D eigenvalue weighted by Gasteiger charge is -2.32. The average Bonchev–Trinajstić information content (AvgIpc) is 3.13. The number of halogens is 2. The summed E-state index contributed by atoms with van der Waals surface area (Å²) in [5.74, 6) is 1.01. The molecule has 148 valence electrons. The summed E-state index contributed by atoms with van der Waals surface area (Å²) >= 11 is 0. The maximum absolute atomic E-state index is 13.5. The number of anilines is 1. The number of aromatic amines is 1. The number of nitrogens with zero attached hydrogens (tertiary/aromatic N) is 6. The van der Waals surface area contributed by atoms with E-state index in [1.54, 1.807) is 24.7 Å². The van der Waals surface area contributed by atoms with Gasteiger partial charge in [-0.15, -0.1) is 5.10 Å². The molecular weight excluding hydrogens is 380 g/mol. The van der Waals surface area contributed by atoms with E-state index in [-0.39, 0.29) is 5.56 Å². The summed E-state index contributed by atoms with van der Waals surface area (Å²) in [5.41, 5.74) is 2.73. The maximum atomic E-state index is 13.5. The van der Waals surface area contributed by atoms with Crippen LogP contribution in [0.15, 0.2) is 35.1 Å². The van der Waals surface area contributed by atoms with Crippen molar-refractivity contribution in [3.8, 4) is 0 Å². The molecule has 5 heterocycles. The Morgan fingerprint density at radius 3 is 2.97 bits per heavy atom. The van der Waals surface area contributed by atoms with Gasteiger partial charge in [-0.2, -0.15) is 5.10 Å². The third kappa shape index (κ3) is 2.62. The molecule has 1 fully saturated rings. The minimum Gasteiger partial charge on any atom is -0.408 e. The molecule has 0 amide bonds. The first-order valence-corrected chi connectivity index (χ1v) is 9.57. The topological polar surface area (TPSA) is 88.1 Å². The Labute approximate surface area is 163 Å². The smallest absolute Gasteiger partial charge is 0.319 e. The van der Waals surface area contributed by atoms with Crippen LogP contribution in [0, 0.1) is 0 Å². The lowest BCUT2D eigenvalue weighted by molar-refractivity contribution is 0.152. The van der Waals surface area contributed by atoms with Crippen LogP contribution < -0.4 is 4.90 Å². The van der Waals surface area contributed by atoms with Crippen LogP contribution in [-0.2, 0) is 6.42 Å². The van der Waals surface area contributed by atoms with Crippen LogP contribution in [0.25, 0.3) is 5.52 Å². The Kier molecular flexibility index (Phi) is 3.50. The van der Waals surface area contributed by atoms with Crippen molar-refractivity contribution in [2.24, 2.45) is 0 Å². The van der Waals surface area contributed by atoms with Gasteiger partial charge in [-0.1, -0.05) is 5.10 Å². The average molecular weight is 397 g/mol. The molecule has 0 bridgehead atoms. The predicted molar refractivity (Wildman–Crippen MR) is 97.9 cm³/mol. The standard InChI is InChI=1S/C19H17F2N7O/c20-17(21)11-2-1-6-28-14(11)8-13(26-28)16-15-12(22-9-23-15)5-7-27(16)19-25-24-18(29-19)10-3-4-10/h1-2,6,8-10,16-17H,3-5,7H2,(H,22,23)/t16-/m0/s1. The Hall–Kier alpha value is -3.30. The Balaban J connectivity index is 1.48. The number of H-pyrrole nitrogens is 1. The summed E-state index contributed by atoms with van der Waals surface area (Å²) in [6.45, 7) is 0.627. The van der Waals surface area contributed by atoms with Crippen LogP contribution in [0.3, 0.4) is 0 Å². The van der Waals surface area contributed by atoms with E-state index in [1.807, 2.05) is 4.90 Å². The highest BCUT2D eigenvalue weighted by Gasteiger charge is 2.37. The van der Waals surface area contributed by atoms with Gasteiger partial charge in [-0.25, -0.2) is 18.3 Å². The van der Waals surface area contributed by atoms with Gasteiger partial charge in [0.25, 0.3) is 6.43 Å². The van der Waals surface area contributed by atoms with Gasteiger partial charge in [0.15, 0.2) is 0 Å². The number of nitrogens with one attached hydrogen (secondary N) is 1. The lowest BCUT2D eigenvalue weighted by atomic mass is 10.00. The summed E-state index contributed by atoms with van der Waals surface area (Å²) in [6.07, 6.45) is 3.60. The summed E-state index contributed by atoms with van der Waals surface area (Å²) in [4.78, 5) is 9.62. The second-order valence-electron chi connectivity index (χ2n) is 7.47. The van der Waals surface area contributed by atoms with Gasteiger partial charge in [0.05, 0.1) is 23.2 Å². The molecule has 1 aliphatic heterocycles. The molecule has 10 heteroatoms. The molecule has 0 spiro atoms. The molecule has 1 atom stereocenters. The van der Waals surface area contributed by atoms with Crippen molar-refractivity contribution in [3.05, 3.63) is 59.3 Å². The van der Waals surface area contributed by atoms with Crippen molar-refractivity contribution in [1.29, 1.82) is 0 Å². The highest BCUT2D eigenvalue weighted by molar-refractivity contribution is 5.58. The lowest BCUT2D eigenvalue weighted by Crippen LogP contribution is -2.36. The zero-order chi connectivity index (χ0) is 19.5. The summed E-state index contributed by atoms with van der Waals surface area (Å²) in [5, 5.41) is 13.0. The third-order valence-corrected chi connectivity index (χ3v) is 5.60. The van der Waals surface area contributed by atoms with Gasteiger partial charge in [0.2, 0.25) is 5.89 Å². The molecule has 2 aliphatic rings. The second kappa shape index (κ2) is 6.10. The first-order valence-electron chi connectivity index (χ1n) is 9.57. The van der Waals surface area contributed by atoms with E-state index in [2.05, 4.69) is 25.3 Å². The van der Waals surface area contributed by atoms with Crippen molar-refractivity contribution < 1.29 is 13.2 Å². The van der Waals surface area contributed by atoms with Gasteiger partial charge in [0, 0.05) is 36.3 Å². The van der Waals surface area contributed by atoms with Crippen LogP contribution in [-0.4, -0.2) is 36.3 Å². The Morgan fingerprint density at radius 2 is 2.14 bits per heavy atom. The van der Waals surface area contributed by atoms with Gasteiger partial charge < -0.3 is 14.3 Å². The zero-order valence-corrected chi connectivity index (χ0v) is 15.3. The molecule has 1 saturated carbocycles. The van der Waals surface area contributed by atoms with Gasteiger partial charge in [-0.05, 0) is 31.0 Å². The van der Waals surface area contributed by atoms with Crippen LogP contribution in [0.5, 0.6) is 0 Å². The number of rotatable bonds is 4. The number of pyridine rings is 1. The van der Waals surface area contributed by atoms with E-state index in [9.17, 15) is 8.78 Å². The largest absolute Gasteiger partial charge is 0.408 e. The first kappa shape index (κ1) is 16.6. The first-order chi connectivity index (χ1) is 14.2.